The Balaban J connectivity index is 1.28. The highest BCUT2D eigenvalue weighted by atomic mass is 16.5. The molecule has 0 unspecified atom stereocenters. The second-order valence-corrected chi connectivity index (χ2v) is 6.55. The lowest BCUT2D eigenvalue weighted by Crippen LogP contribution is -2.49. The summed E-state index contributed by atoms with van der Waals surface area (Å²) in [7, 11) is 0. The van der Waals surface area contributed by atoms with Crippen LogP contribution >= 0.6 is 0 Å². The number of benzene rings is 2. The van der Waals surface area contributed by atoms with Gasteiger partial charge in [0.1, 0.15) is 12.4 Å². The maximum Gasteiger partial charge on any atom is 0.234 e. The first-order chi connectivity index (χ1) is 12.8. The van der Waals surface area contributed by atoms with E-state index in [1.54, 1.807) is 0 Å². The third kappa shape index (κ3) is 6.17. The summed E-state index contributed by atoms with van der Waals surface area (Å²) in [6, 6.07) is 20.2. The summed E-state index contributed by atoms with van der Waals surface area (Å²) in [6.07, 6.45) is 0. The standard InChI is InChI=1S/C21H27N3O2/c25-21(22-11-16-26-20-9-5-2-6-10-20)18-24-14-12-23(13-15-24)17-19-7-3-1-4-8-19/h1-10H,11-18H2,(H,22,25). The van der Waals surface area contributed by atoms with Crippen LogP contribution < -0.4 is 10.1 Å². The molecule has 5 nitrogen and oxygen atoms in total. The summed E-state index contributed by atoms with van der Waals surface area (Å²) >= 11 is 0. The van der Waals surface area contributed by atoms with Crippen molar-refractivity contribution in [3.05, 3.63) is 66.2 Å². The molecule has 0 saturated carbocycles. The minimum atomic E-state index is 0.0678. The van der Waals surface area contributed by atoms with E-state index < -0.39 is 0 Å². The van der Waals surface area contributed by atoms with E-state index in [2.05, 4.69) is 39.4 Å². The third-order valence-corrected chi connectivity index (χ3v) is 4.52. The fraction of sp³-hybridized carbons (Fsp3) is 0.381. The van der Waals surface area contributed by atoms with Gasteiger partial charge in [0.25, 0.3) is 0 Å². The number of para-hydroxylation sites is 1. The van der Waals surface area contributed by atoms with Crippen LogP contribution in [0.25, 0.3) is 0 Å². The smallest absolute Gasteiger partial charge is 0.234 e. The van der Waals surface area contributed by atoms with Crippen LogP contribution in [0.15, 0.2) is 60.7 Å². The Morgan fingerprint density at radius 1 is 0.885 bits per heavy atom. The summed E-state index contributed by atoms with van der Waals surface area (Å²) in [5, 5.41) is 2.93. The Bertz CT molecular complexity index is 655. The molecule has 26 heavy (non-hydrogen) atoms. The molecule has 1 amide bonds. The largest absolute Gasteiger partial charge is 0.492 e. The lowest BCUT2D eigenvalue weighted by Gasteiger charge is -2.34. The van der Waals surface area contributed by atoms with E-state index in [4.69, 9.17) is 4.74 Å². The molecule has 0 radical (unpaired) electrons. The van der Waals surface area contributed by atoms with Gasteiger partial charge < -0.3 is 10.1 Å². The van der Waals surface area contributed by atoms with Crippen LogP contribution in [-0.4, -0.2) is 61.6 Å². The van der Waals surface area contributed by atoms with Gasteiger partial charge in [0.2, 0.25) is 5.91 Å². The number of hydrogen-bond donors (Lipinski definition) is 1. The third-order valence-electron chi connectivity index (χ3n) is 4.52. The maximum absolute atomic E-state index is 12.1. The molecule has 5 heteroatoms. The van der Waals surface area contributed by atoms with Gasteiger partial charge in [-0.3, -0.25) is 14.6 Å². The molecule has 0 atom stereocenters. The van der Waals surface area contributed by atoms with Crippen LogP contribution in [0.2, 0.25) is 0 Å². The van der Waals surface area contributed by atoms with Crippen molar-refractivity contribution in [1.82, 2.24) is 15.1 Å². The Labute approximate surface area is 155 Å². The lowest BCUT2D eigenvalue weighted by molar-refractivity contribution is -0.122. The van der Waals surface area contributed by atoms with Crippen molar-refractivity contribution in [2.75, 3.05) is 45.9 Å². The molecule has 3 rings (SSSR count). The Morgan fingerprint density at radius 3 is 2.19 bits per heavy atom. The van der Waals surface area contributed by atoms with Crippen LogP contribution in [0.5, 0.6) is 5.75 Å². The fourth-order valence-corrected chi connectivity index (χ4v) is 3.08. The fourth-order valence-electron chi connectivity index (χ4n) is 3.08. The zero-order valence-electron chi connectivity index (χ0n) is 15.1. The summed E-state index contributed by atoms with van der Waals surface area (Å²) in [5.41, 5.74) is 1.34. The quantitative estimate of drug-likeness (QED) is 0.738. The normalized spacial score (nSPS) is 15.5. The maximum atomic E-state index is 12.1. The van der Waals surface area contributed by atoms with Gasteiger partial charge in [-0.2, -0.15) is 0 Å². The van der Waals surface area contributed by atoms with E-state index in [0.29, 0.717) is 19.7 Å². The zero-order chi connectivity index (χ0) is 18.0. The number of carbonyl (C=O) groups is 1. The van der Waals surface area contributed by atoms with Crippen molar-refractivity contribution >= 4 is 5.91 Å². The van der Waals surface area contributed by atoms with Crippen molar-refractivity contribution in [2.24, 2.45) is 0 Å². The van der Waals surface area contributed by atoms with E-state index in [-0.39, 0.29) is 5.91 Å². The summed E-state index contributed by atoms with van der Waals surface area (Å²) in [4.78, 5) is 16.7. The Hall–Kier alpha value is -2.37. The predicted octanol–water partition coefficient (Wildman–Crippen LogP) is 2.00. The molecular formula is C21H27N3O2. The SMILES string of the molecule is O=C(CN1CCN(Cc2ccccc2)CC1)NCCOc1ccccc1. The average Bonchev–Trinajstić information content (AvgIpc) is 2.68. The number of nitrogens with zero attached hydrogens (tertiary/aromatic N) is 2. The number of rotatable bonds is 8. The number of ether oxygens (including phenoxy) is 1. The second kappa shape index (κ2) is 9.94. The molecule has 1 saturated heterocycles. The van der Waals surface area contributed by atoms with Gasteiger partial charge in [0.05, 0.1) is 13.1 Å². The molecule has 1 N–H and O–H groups in total. The predicted molar refractivity (Wildman–Crippen MR) is 103 cm³/mol. The van der Waals surface area contributed by atoms with E-state index >= 15 is 0 Å². The van der Waals surface area contributed by atoms with Crippen LogP contribution in [-0.2, 0) is 11.3 Å². The second-order valence-electron chi connectivity index (χ2n) is 6.55. The molecule has 1 aliphatic heterocycles. The van der Waals surface area contributed by atoms with Crippen LogP contribution in [0.4, 0.5) is 0 Å². The number of piperazine rings is 1. The van der Waals surface area contributed by atoms with Crippen molar-refractivity contribution in [3.63, 3.8) is 0 Å². The highest BCUT2D eigenvalue weighted by Crippen LogP contribution is 2.08. The van der Waals surface area contributed by atoms with Crippen molar-refractivity contribution in [1.29, 1.82) is 0 Å². The number of amides is 1. The molecule has 1 aliphatic rings. The topological polar surface area (TPSA) is 44.8 Å². The van der Waals surface area contributed by atoms with Gasteiger partial charge in [-0.25, -0.2) is 0 Å². The molecular weight excluding hydrogens is 326 g/mol. The van der Waals surface area contributed by atoms with Crippen LogP contribution in [0.3, 0.4) is 0 Å². The summed E-state index contributed by atoms with van der Waals surface area (Å²) < 4.78 is 5.58. The molecule has 0 aromatic heterocycles. The van der Waals surface area contributed by atoms with Crippen molar-refractivity contribution in [2.45, 2.75) is 6.54 Å². The monoisotopic (exact) mass is 353 g/mol. The van der Waals surface area contributed by atoms with E-state index in [1.165, 1.54) is 5.56 Å². The lowest BCUT2D eigenvalue weighted by atomic mass is 10.2. The van der Waals surface area contributed by atoms with Crippen molar-refractivity contribution < 1.29 is 9.53 Å². The molecule has 2 aromatic rings. The first-order valence-corrected chi connectivity index (χ1v) is 9.23. The highest BCUT2D eigenvalue weighted by Gasteiger charge is 2.18. The average molecular weight is 353 g/mol. The number of hydrogen-bond acceptors (Lipinski definition) is 4. The van der Waals surface area contributed by atoms with Gasteiger partial charge in [0, 0.05) is 32.7 Å². The first-order valence-electron chi connectivity index (χ1n) is 9.23. The molecule has 1 heterocycles. The van der Waals surface area contributed by atoms with E-state index in [0.717, 1.165) is 38.5 Å². The van der Waals surface area contributed by atoms with Gasteiger partial charge >= 0.3 is 0 Å². The summed E-state index contributed by atoms with van der Waals surface area (Å²) in [5.74, 6) is 0.898. The minimum absolute atomic E-state index is 0.0678. The van der Waals surface area contributed by atoms with Gasteiger partial charge in [0.15, 0.2) is 0 Å². The van der Waals surface area contributed by atoms with Crippen LogP contribution in [0, 0.1) is 0 Å². The molecule has 0 aliphatic carbocycles. The first kappa shape index (κ1) is 18.4. The Morgan fingerprint density at radius 2 is 1.50 bits per heavy atom. The molecule has 138 valence electrons. The number of nitrogens with one attached hydrogen (secondary N) is 1. The van der Waals surface area contributed by atoms with Crippen molar-refractivity contribution in [3.8, 4) is 5.75 Å². The molecule has 1 fully saturated rings. The number of carbonyl (C=O) groups excluding carboxylic acids is 1. The zero-order valence-corrected chi connectivity index (χ0v) is 15.1. The van der Waals surface area contributed by atoms with Gasteiger partial charge in [-0.1, -0.05) is 48.5 Å². The van der Waals surface area contributed by atoms with E-state index in [1.807, 2.05) is 36.4 Å². The van der Waals surface area contributed by atoms with Gasteiger partial charge in [-0.05, 0) is 17.7 Å². The van der Waals surface area contributed by atoms with Gasteiger partial charge in [-0.15, -0.1) is 0 Å². The Kier molecular flexibility index (Phi) is 7.05. The van der Waals surface area contributed by atoms with Crippen LogP contribution in [0.1, 0.15) is 5.56 Å². The van der Waals surface area contributed by atoms with E-state index in [9.17, 15) is 4.79 Å². The highest BCUT2D eigenvalue weighted by molar-refractivity contribution is 5.78. The minimum Gasteiger partial charge on any atom is -0.492 e. The molecule has 2 aromatic carbocycles. The molecule has 0 bridgehead atoms. The summed E-state index contributed by atoms with van der Waals surface area (Å²) in [6.45, 7) is 6.32. The molecule has 0 spiro atoms.